The summed E-state index contributed by atoms with van der Waals surface area (Å²) >= 11 is 3.21. The lowest BCUT2D eigenvalue weighted by molar-refractivity contribution is 0.0608. The summed E-state index contributed by atoms with van der Waals surface area (Å²) in [5, 5.41) is 19.0. The first kappa shape index (κ1) is 12.9. The van der Waals surface area contributed by atoms with E-state index in [1.54, 1.807) is 30.0 Å². The molecule has 1 aromatic heterocycles. The SMILES string of the molecule is Cc1nnc(SC(C)CC(C)(O)CN)s1. The molecule has 0 bridgehead atoms. The van der Waals surface area contributed by atoms with E-state index in [9.17, 15) is 5.11 Å². The second kappa shape index (κ2) is 5.25. The molecule has 6 heteroatoms. The minimum Gasteiger partial charge on any atom is -0.389 e. The van der Waals surface area contributed by atoms with Crippen LogP contribution < -0.4 is 5.73 Å². The van der Waals surface area contributed by atoms with Crippen LogP contribution in [-0.4, -0.2) is 32.7 Å². The van der Waals surface area contributed by atoms with Gasteiger partial charge in [-0.15, -0.1) is 10.2 Å². The predicted molar refractivity (Wildman–Crippen MR) is 64.3 cm³/mol. The summed E-state index contributed by atoms with van der Waals surface area (Å²) in [7, 11) is 0. The summed E-state index contributed by atoms with van der Waals surface area (Å²) in [4.78, 5) is 0. The molecule has 0 aliphatic carbocycles. The Balaban J connectivity index is 2.46. The van der Waals surface area contributed by atoms with E-state index in [0.717, 1.165) is 9.35 Å². The van der Waals surface area contributed by atoms with E-state index in [-0.39, 0.29) is 11.8 Å². The molecule has 2 atom stereocenters. The topological polar surface area (TPSA) is 72.0 Å². The Morgan fingerprint density at radius 2 is 2.27 bits per heavy atom. The molecule has 3 N–H and O–H groups in total. The van der Waals surface area contributed by atoms with Gasteiger partial charge in [0.2, 0.25) is 0 Å². The first-order valence-electron chi connectivity index (χ1n) is 4.82. The molecule has 1 heterocycles. The number of nitrogens with zero attached hydrogens (tertiary/aromatic N) is 2. The van der Waals surface area contributed by atoms with Crippen LogP contribution in [0, 0.1) is 6.92 Å². The lowest BCUT2D eigenvalue weighted by atomic mass is 10.0. The van der Waals surface area contributed by atoms with Gasteiger partial charge in [0.15, 0.2) is 4.34 Å². The van der Waals surface area contributed by atoms with E-state index in [1.807, 2.05) is 6.92 Å². The molecule has 0 saturated heterocycles. The van der Waals surface area contributed by atoms with Crippen LogP contribution in [0.2, 0.25) is 0 Å². The van der Waals surface area contributed by atoms with Crippen molar-refractivity contribution in [1.29, 1.82) is 0 Å². The number of hydrogen-bond acceptors (Lipinski definition) is 6. The van der Waals surface area contributed by atoms with E-state index < -0.39 is 5.60 Å². The fourth-order valence-corrected chi connectivity index (χ4v) is 3.58. The largest absolute Gasteiger partial charge is 0.389 e. The van der Waals surface area contributed by atoms with Gasteiger partial charge in [-0.05, 0) is 20.3 Å². The molecule has 86 valence electrons. The Bertz CT molecular complexity index is 314. The van der Waals surface area contributed by atoms with Gasteiger partial charge in [-0.2, -0.15) is 0 Å². The third kappa shape index (κ3) is 4.46. The molecule has 0 amide bonds. The first-order chi connectivity index (χ1) is 6.93. The summed E-state index contributed by atoms with van der Waals surface area (Å²) in [6, 6.07) is 0. The molecule has 0 aromatic carbocycles. The zero-order chi connectivity index (χ0) is 11.5. The van der Waals surface area contributed by atoms with Crippen LogP contribution in [0.3, 0.4) is 0 Å². The third-order valence-corrected chi connectivity index (χ3v) is 4.00. The van der Waals surface area contributed by atoms with Gasteiger partial charge < -0.3 is 10.8 Å². The Kier molecular flexibility index (Phi) is 4.51. The number of aromatic nitrogens is 2. The van der Waals surface area contributed by atoms with Crippen molar-refractivity contribution < 1.29 is 5.11 Å². The van der Waals surface area contributed by atoms with Crippen molar-refractivity contribution in [3.8, 4) is 0 Å². The van der Waals surface area contributed by atoms with Gasteiger partial charge >= 0.3 is 0 Å². The van der Waals surface area contributed by atoms with Gasteiger partial charge in [0.1, 0.15) is 5.01 Å². The number of thioether (sulfide) groups is 1. The van der Waals surface area contributed by atoms with E-state index in [0.29, 0.717) is 6.42 Å². The van der Waals surface area contributed by atoms with Crippen LogP contribution in [0.25, 0.3) is 0 Å². The summed E-state index contributed by atoms with van der Waals surface area (Å²) in [6.45, 7) is 6.04. The van der Waals surface area contributed by atoms with Gasteiger partial charge in [-0.25, -0.2) is 0 Å². The number of hydrogen-bond donors (Lipinski definition) is 2. The summed E-state index contributed by atoms with van der Waals surface area (Å²) < 4.78 is 0.952. The van der Waals surface area contributed by atoms with Crippen molar-refractivity contribution in [2.24, 2.45) is 5.73 Å². The highest BCUT2D eigenvalue weighted by atomic mass is 32.2. The Labute approximate surface area is 98.3 Å². The smallest absolute Gasteiger partial charge is 0.174 e. The molecule has 0 spiro atoms. The average Bonchev–Trinajstić information content (AvgIpc) is 2.50. The van der Waals surface area contributed by atoms with E-state index in [4.69, 9.17) is 5.73 Å². The van der Waals surface area contributed by atoms with Crippen LogP contribution in [0.4, 0.5) is 0 Å². The molecule has 0 radical (unpaired) electrons. The third-order valence-electron chi connectivity index (χ3n) is 1.98. The minimum absolute atomic E-state index is 0.285. The number of rotatable bonds is 5. The lowest BCUT2D eigenvalue weighted by Gasteiger charge is -2.23. The Hall–Kier alpha value is -0.170. The highest BCUT2D eigenvalue weighted by Crippen LogP contribution is 2.30. The zero-order valence-corrected chi connectivity index (χ0v) is 10.9. The van der Waals surface area contributed by atoms with Crippen molar-refractivity contribution in [3.63, 3.8) is 0 Å². The molecule has 2 unspecified atom stereocenters. The molecule has 0 aliphatic heterocycles. The van der Waals surface area contributed by atoms with Crippen LogP contribution in [0.15, 0.2) is 4.34 Å². The Morgan fingerprint density at radius 3 is 2.73 bits per heavy atom. The highest BCUT2D eigenvalue weighted by molar-refractivity contribution is 8.01. The molecule has 15 heavy (non-hydrogen) atoms. The van der Waals surface area contributed by atoms with E-state index in [1.165, 1.54) is 0 Å². The summed E-state index contributed by atoms with van der Waals surface area (Å²) in [6.07, 6.45) is 0.660. The molecule has 4 nitrogen and oxygen atoms in total. The fraction of sp³-hybridized carbons (Fsp3) is 0.778. The van der Waals surface area contributed by atoms with Gasteiger partial charge in [-0.3, -0.25) is 0 Å². The number of nitrogens with two attached hydrogens (primary N) is 1. The highest BCUT2D eigenvalue weighted by Gasteiger charge is 2.22. The average molecular weight is 247 g/mol. The van der Waals surface area contributed by atoms with Crippen LogP contribution in [0.1, 0.15) is 25.3 Å². The number of aryl methyl sites for hydroxylation is 1. The van der Waals surface area contributed by atoms with Crippen molar-refractivity contribution in [2.75, 3.05) is 6.54 Å². The Morgan fingerprint density at radius 1 is 1.60 bits per heavy atom. The van der Waals surface area contributed by atoms with Gasteiger partial charge in [0.25, 0.3) is 0 Å². The molecule has 0 fully saturated rings. The van der Waals surface area contributed by atoms with Gasteiger partial charge in [0.05, 0.1) is 5.60 Å². The van der Waals surface area contributed by atoms with Gasteiger partial charge in [0, 0.05) is 11.8 Å². The zero-order valence-electron chi connectivity index (χ0n) is 9.23. The van der Waals surface area contributed by atoms with Crippen LogP contribution >= 0.6 is 23.1 Å². The van der Waals surface area contributed by atoms with Crippen molar-refractivity contribution in [2.45, 2.75) is 42.4 Å². The first-order valence-corrected chi connectivity index (χ1v) is 6.52. The summed E-state index contributed by atoms with van der Waals surface area (Å²) in [5.74, 6) is 0. The molecular weight excluding hydrogens is 230 g/mol. The summed E-state index contributed by atoms with van der Waals surface area (Å²) in [5.41, 5.74) is 4.68. The van der Waals surface area contributed by atoms with Crippen molar-refractivity contribution in [3.05, 3.63) is 5.01 Å². The van der Waals surface area contributed by atoms with Crippen LogP contribution in [-0.2, 0) is 0 Å². The fourth-order valence-electron chi connectivity index (χ4n) is 1.24. The maximum Gasteiger partial charge on any atom is 0.174 e. The second-order valence-corrected chi connectivity index (χ2v) is 6.79. The monoisotopic (exact) mass is 247 g/mol. The van der Waals surface area contributed by atoms with Crippen molar-refractivity contribution >= 4 is 23.1 Å². The quantitative estimate of drug-likeness (QED) is 0.770. The lowest BCUT2D eigenvalue weighted by Crippen LogP contribution is -2.36. The molecule has 0 aliphatic rings. The maximum absolute atomic E-state index is 9.81. The second-order valence-electron chi connectivity index (χ2n) is 3.92. The van der Waals surface area contributed by atoms with E-state index >= 15 is 0 Å². The minimum atomic E-state index is -0.786. The predicted octanol–water partition coefficient (Wildman–Crippen LogP) is 1.43. The standard InChI is InChI=1S/C9H17N3OS2/c1-6(4-9(3,13)5-10)14-8-12-11-7(2)15-8/h6,13H,4-5,10H2,1-3H3. The molecule has 1 rings (SSSR count). The van der Waals surface area contributed by atoms with Crippen LogP contribution in [0.5, 0.6) is 0 Å². The van der Waals surface area contributed by atoms with Gasteiger partial charge in [-0.1, -0.05) is 30.0 Å². The van der Waals surface area contributed by atoms with Crippen molar-refractivity contribution in [1.82, 2.24) is 10.2 Å². The molecular formula is C9H17N3OS2. The molecule has 1 aromatic rings. The molecule has 0 saturated carbocycles. The normalized spacial score (nSPS) is 17.4. The number of aliphatic hydroxyl groups is 1. The van der Waals surface area contributed by atoms with E-state index in [2.05, 4.69) is 17.1 Å². The maximum atomic E-state index is 9.81.